The van der Waals surface area contributed by atoms with Gasteiger partial charge in [0.25, 0.3) is 5.91 Å². The molecule has 6 heteroatoms. The highest BCUT2D eigenvalue weighted by Crippen LogP contribution is 2.43. The third kappa shape index (κ3) is 3.00. The smallest absolute Gasteiger partial charge is 0.307 e. The highest BCUT2D eigenvalue weighted by atomic mass is 79.9. The Morgan fingerprint density at radius 2 is 2.00 bits per heavy atom. The van der Waals surface area contributed by atoms with Gasteiger partial charge in [0.15, 0.2) is 0 Å². The molecule has 23 heavy (non-hydrogen) atoms. The Morgan fingerprint density at radius 1 is 1.35 bits per heavy atom. The van der Waals surface area contributed by atoms with Crippen LogP contribution in [0.1, 0.15) is 33.3 Å². The molecule has 2 rings (SSSR count). The number of carbonyl (C=O) groups excluding carboxylic acids is 2. The van der Waals surface area contributed by atoms with Gasteiger partial charge in [0, 0.05) is 17.0 Å². The lowest BCUT2D eigenvalue weighted by molar-refractivity contribution is -0.138. The minimum atomic E-state index is -0.765. The first-order valence-electron chi connectivity index (χ1n) is 7.31. The van der Waals surface area contributed by atoms with Gasteiger partial charge in [-0.1, -0.05) is 35.8 Å². The molecular formula is C17H20BrNO4. The van der Waals surface area contributed by atoms with Crippen molar-refractivity contribution >= 4 is 33.4 Å². The molecule has 0 aromatic heterocycles. The highest BCUT2D eigenvalue weighted by molar-refractivity contribution is 9.10. The van der Waals surface area contributed by atoms with Crippen molar-refractivity contribution < 1.29 is 19.1 Å². The van der Waals surface area contributed by atoms with E-state index in [1.54, 1.807) is 6.07 Å². The number of hydrogen-bond donors (Lipinski definition) is 1. The van der Waals surface area contributed by atoms with E-state index in [9.17, 15) is 9.59 Å². The molecule has 1 aliphatic heterocycles. The van der Waals surface area contributed by atoms with Gasteiger partial charge in [0.1, 0.15) is 11.5 Å². The van der Waals surface area contributed by atoms with Crippen LogP contribution in [0.3, 0.4) is 0 Å². The fraction of sp³-hybridized carbons (Fsp3) is 0.412. The van der Waals surface area contributed by atoms with Crippen molar-refractivity contribution in [3.8, 4) is 5.75 Å². The summed E-state index contributed by atoms with van der Waals surface area (Å²) in [4.78, 5) is 24.3. The van der Waals surface area contributed by atoms with Crippen molar-refractivity contribution in [3.63, 3.8) is 0 Å². The quantitative estimate of drug-likeness (QED) is 0.812. The second-order valence-electron chi connectivity index (χ2n) is 5.93. The number of carbonyl (C=O) groups is 2. The fourth-order valence-electron chi connectivity index (χ4n) is 2.57. The zero-order chi connectivity index (χ0) is 17.4. The summed E-state index contributed by atoms with van der Waals surface area (Å²) >= 11 is 3.46. The lowest BCUT2D eigenvalue weighted by Crippen LogP contribution is -2.46. The van der Waals surface area contributed by atoms with Crippen LogP contribution in [0.4, 0.5) is 0 Å². The van der Waals surface area contributed by atoms with Gasteiger partial charge in [0.2, 0.25) is 0 Å². The number of benzene rings is 1. The van der Waals surface area contributed by atoms with E-state index in [-0.39, 0.29) is 11.8 Å². The van der Waals surface area contributed by atoms with Gasteiger partial charge >= 0.3 is 5.97 Å². The van der Waals surface area contributed by atoms with E-state index in [0.29, 0.717) is 27.1 Å². The summed E-state index contributed by atoms with van der Waals surface area (Å²) < 4.78 is 11.5. The number of amides is 1. The number of hydrogen-bond acceptors (Lipinski definition) is 4. The van der Waals surface area contributed by atoms with E-state index in [2.05, 4.69) is 21.2 Å². The molecule has 0 saturated carbocycles. The normalized spacial score (nSPS) is 20.7. The third-order valence-electron chi connectivity index (χ3n) is 4.14. The standard InChI is InChI=1S/C17H20BrNO4/c1-9(2)17(4)15(23-10(3)20)14(16(21)19-17)13-11(18)7-6-8-12(13)22-5/h6-9H,1-5H3,(H,19,21). The molecule has 5 nitrogen and oxygen atoms in total. The maximum atomic E-state index is 12.7. The molecule has 124 valence electrons. The van der Waals surface area contributed by atoms with Crippen LogP contribution in [0.15, 0.2) is 28.4 Å². The molecule has 1 unspecified atom stereocenters. The third-order valence-corrected chi connectivity index (χ3v) is 4.81. The first-order valence-corrected chi connectivity index (χ1v) is 8.10. The molecule has 1 atom stereocenters. The van der Waals surface area contributed by atoms with Crippen molar-refractivity contribution in [3.05, 3.63) is 34.0 Å². The molecule has 0 bridgehead atoms. The van der Waals surface area contributed by atoms with Gasteiger partial charge in [-0.25, -0.2) is 0 Å². The van der Waals surface area contributed by atoms with Crippen molar-refractivity contribution in [2.45, 2.75) is 33.2 Å². The van der Waals surface area contributed by atoms with Gasteiger partial charge < -0.3 is 14.8 Å². The Balaban J connectivity index is 2.78. The van der Waals surface area contributed by atoms with Crippen LogP contribution in [0, 0.1) is 5.92 Å². The minimum Gasteiger partial charge on any atom is -0.496 e. The Bertz CT molecular complexity index is 696. The maximum Gasteiger partial charge on any atom is 0.307 e. The van der Waals surface area contributed by atoms with Crippen LogP contribution in [0.5, 0.6) is 5.75 Å². The maximum absolute atomic E-state index is 12.7. The Hall–Kier alpha value is -1.82. The van der Waals surface area contributed by atoms with Crippen molar-refractivity contribution in [1.29, 1.82) is 0 Å². The second-order valence-corrected chi connectivity index (χ2v) is 6.78. The van der Waals surface area contributed by atoms with Crippen LogP contribution >= 0.6 is 15.9 Å². The van der Waals surface area contributed by atoms with Gasteiger partial charge in [-0.2, -0.15) is 0 Å². The summed E-state index contributed by atoms with van der Waals surface area (Å²) in [5.41, 5.74) is 0.132. The number of methoxy groups -OCH3 is 1. The van der Waals surface area contributed by atoms with Crippen LogP contribution in [-0.4, -0.2) is 24.5 Å². The summed E-state index contributed by atoms with van der Waals surface area (Å²) in [7, 11) is 1.53. The van der Waals surface area contributed by atoms with Gasteiger partial charge in [-0.05, 0) is 25.0 Å². The molecule has 0 radical (unpaired) electrons. The Labute approximate surface area is 144 Å². The molecular weight excluding hydrogens is 362 g/mol. The largest absolute Gasteiger partial charge is 0.496 e. The van der Waals surface area contributed by atoms with Gasteiger partial charge in [-0.3, -0.25) is 9.59 Å². The second kappa shape index (κ2) is 6.35. The van der Waals surface area contributed by atoms with Crippen molar-refractivity contribution in [1.82, 2.24) is 5.32 Å². The van der Waals surface area contributed by atoms with E-state index in [4.69, 9.17) is 9.47 Å². The minimum absolute atomic E-state index is 0.0341. The summed E-state index contributed by atoms with van der Waals surface area (Å²) in [6, 6.07) is 5.39. The summed E-state index contributed by atoms with van der Waals surface area (Å²) in [5.74, 6) is 0.138. The number of ether oxygens (including phenoxy) is 2. The highest BCUT2D eigenvalue weighted by Gasteiger charge is 2.47. The molecule has 1 aromatic carbocycles. The average Bonchev–Trinajstić information content (AvgIpc) is 2.70. The van der Waals surface area contributed by atoms with E-state index < -0.39 is 11.5 Å². The van der Waals surface area contributed by atoms with E-state index in [1.807, 2.05) is 32.9 Å². The summed E-state index contributed by atoms with van der Waals surface area (Å²) in [6.45, 7) is 7.10. The molecule has 1 aliphatic rings. The molecule has 0 spiro atoms. The number of esters is 1. The molecule has 0 aliphatic carbocycles. The van der Waals surface area contributed by atoms with Gasteiger partial charge in [0.05, 0.1) is 18.2 Å². The average molecular weight is 382 g/mol. The molecule has 0 saturated heterocycles. The monoisotopic (exact) mass is 381 g/mol. The Morgan fingerprint density at radius 3 is 2.52 bits per heavy atom. The first-order chi connectivity index (χ1) is 10.7. The van der Waals surface area contributed by atoms with E-state index in [0.717, 1.165) is 0 Å². The van der Waals surface area contributed by atoms with Gasteiger partial charge in [-0.15, -0.1) is 0 Å². The lowest BCUT2D eigenvalue weighted by Gasteiger charge is -2.31. The molecule has 1 aromatic rings. The van der Waals surface area contributed by atoms with Crippen LogP contribution in [0.25, 0.3) is 5.57 Å². The number of nitrogens with one attached hydrogen (secondary N) is 1. The van der Waals surface area contributed by atoms with Crippen molar-refractivity contribution in [2.24, 2.45) is 5.92 Å². The molecule has 0 fully saturated rings. The zero-order valence-electron chi connectivity index (χ0n) is 13.8. The van der Waals surface area contributed by atoms with Crippen LogP contribution in [0.2, 0.25) is 0 Å². The lowest BCUT2D eigenvalue weighted by atomic mass is 9.86. The fourth-order valence-corrected chi connectivity index (χ4v) is 3.12. The number of halogens is 1. The van der Waals surface area contributed by atoms with E-state index in [1.165, 1.54) is 14.0 Å². The number of rotatable bonds is 4. The SMILES string of the molecule is COc1cccc(Br)c1C1=C(OC(C)=O)C(C)(C(C)C)NC1=O. The summed E-state index contributed by atoms with van der Waals surface area (Å²) in [6.07, 6.45) is 0. The zero-order valence-corrected chi connectivity index (χ0v) is 15.4. The predicted octanol–water partition coefficient (Wildman–Crippen LogP) is 3.28. The first kappa shape index (κ1) is 17.5. The predicted molar refractivity (Wildman–Crippen MR) is 90.8 cm³/mol. The van der Waals surface area contributed by atoms with E-state index >= 15 is 0 Å². The topological polar surface area (TPSA) is 64.6 Å². The molecule has 1 N–H and O–H groups in total. The van der Waals surface area contributed by atoms with Crippen LogP contribution in [-0.2, 0) is 14.3 Å². The van der Waals surface area contributed by atoms with Crippen molar-refractivity contribution in [2.75, 3.05) is 7.11 Å². The van der Waals surface area contributed by atoms with Crippen LogP contribution < -0.4 is 10.1 Å². The Kier molecular flexibility index (Phi) is 4.84. The summed E-state index contributed by atoms with van der Waals surface area (Å²) in [5, 5.41) is 2.95. The molecule has 1 heterocycles. The molecule has 1 amide bonds.